The largest absolute Gasteiger partial charge is 0.481 e. The van der Waals surface area contributed by atoms with Gasteiger partial charge < -0.3 is 14.6 Å². The number of halogens is 2. The van der Waals surface area contributed by atoms with E-state index in [0.29, 0.717) is 53.8 Å². The molecule has 0 bridgehead atoms. The Bertz CT molecular complexity index is 1480. The fraction of sp³-hybridized carbons (Fsp3) is 0.345. The first-order valence-corrected chi connectivity index (χ1v) is 14.5. The number of anilines is 1. The molecule has 1 aliphatic heterocycles. The Balaban J connectivity index is 1.72. The summed E-state index contributed by atoms with van der Waals surface area (Å²) in [6.45, 7) is 0.593. The van der Waals surface area contributed by atoms with Crippen LogP contribution in [0.3, 0.4) is 0 Å². The first-order valence-electron chi connectivity index (χ1n) is 12.6. The van der Waals surface area contributed by atoms with Crippen molar-refractivity contribution >= 4 is 21.7 Å². The normalized spacial score (nSPS) is 16.0. The third-order valence-electron chi connectivity index (χ3n) is 7.10. The van der Waals surface area contributed by atoms with Gasteiger partial charge in [0.05, 0.1) is 17.2 Å². The number of carboxylic acid groups (broad SMARTS) is 1. The van der Waals surface area contributed by atoms with Crippen molar-refractivity contribution in [2.75, 3.05) is 11.0 Å². The molecule has 0 radical (unpaired) electrons. The summed E-state index contributed by atoms with van der Waals surface area (Å²) in [4.78, 5) is 11.7. The minimum atomic E-state index is -3.56. The monoisotopic (exact) mass is 559 g/mol. The number of fused-ring (bicyclic) bond motifs is 3. The highest BCUT2D eigenvalue weighted by Crippen LogP contribution is 2.50. The number of nitrogens with one attached hydrogen (secondary N) is 1. The average molecular weight is 560 g/mol. The van der Waals surface area contributed by atoms with Gasteiger partial charge in [0.25, 0.3) is 0 Å². The Morgan fingerprint density at radius 3 is 2.56 bits per heavy atom. The molecule has 0 spiro atoms. The quantitative estimate of drug-likeness (QED) is 0.273. The van der Waals surface area contributed by atoms with Crippen LogP contribution >= 0.6 is 0 Å². The van der Waals surface area contributed by atoms with Crippen molar-refractivity contribution in [3.05, 3.63) is 77.4 Å². The number of rotatable bonds is 11. The van der Waals surface area contributed by atoms with Gasteiger partial charge in [-0.1, -0.05) is 43.3 Å². The fourth-order valence-electron chi connectivity index (χ4n) is 4.82. The van der Waals surface area contributed by atoms with Gasteiger partial charge in [-0.05, 0) is 73.6 Å². The van der Waals surface area contributed by atoms with Gasteiger partial charge in [0.1, 0.15) is 17.6 Å². The number of carboxylic acids is 1. The molecule has 0 aliphatic carbocycles. The SMILES string of the molecule is CCC(C)(CCCc1cccc(C2Oc3cccc(OC(F)F)c3-c3ccc(NS(C)(=O)=O)cc32)c1)C(=O)O. The molecule has 0 fully saturated rings. The van der Waals surface area contributed by atoms with E-state index < -0.39 is 34.1 Å². The molecule has 3 aromatic rings. The molecule has 4 rings (SSSR count). The van der Waals surface area contributed by atoms with E-state index in [1.54, 1.807) is 37.3 Å². The topological polar surface area (TPSA) is 102 Å². The van der Waals surface area contributed by atoms with Crippen LogP contribution in [0.15, 0.2) is 60.7 Å². The van der Waals surface area contributed by atoms with Crippen LogP contribution in [-0.4, -0.2) is 32.4 Å². The predicted octanol–water partition coefficient (Wildman–Crippen LogP) is 6.63. The third-order valence-corrected chi connectivity index (χ3v) is 7.71. The summed E-state index contributed by atoms with van der Waals surface area (Å²) in [7, 11) is -3.56. The van der Waals surface area contributed by atoms with E-state index in [0.717, 1.165) is 17.4 Å². The second kappa shape index (κ2) is 11.2. The minimum Gasteiger partial charge on any atom is -0.481 e. The third kappa shape index (κ3) is 6.50. The number of aliphatic carboxylic acids is 1. The van der Waals surface area contributed by atoms with Crippen LogP contribution in [0, 0.1) is 5.41 Å². The highest BCUT2D eigenvalue weighted by atomic mass is 32.2. The van der Waals surface area contributed by atoms with E-state index in [1.807, 2.05) is 31.2 Å². The van der Waals surface area contributed by atoms with E-state index in [9.17, 15) is 27.1 Å². The van der Waals surface area contributed by atoms with E-state index in [2.05, 4.69) is 4.72 Å². The minimum absolute atomic E-state index is 0.0443. The van der Waals surface area contributed by atoms with Gasteiger partial charge in [-0.3, -0.25) is 9.52 Å². The molecule has 1 heterocycles. The molecule has 7 nitrogen and oxygen atoms in total. The lowest BCUT2D eigenvalue weighted by Crippen LogP contribution is -2.26. The second-order valence-electron chi connectivity index (χ2n) is 10.00. The Hall–Kier alpha value is -3.66. The average Bonchev–Trinajstić information content (AvgIpc) is 2.87. The maximum atomic E-state index is 13.2. The zero-order valence-corrected chi connectivity index (χ0v) is 22.7. The molecule has 2 N–H and O–H groups in total. The van der Waals surface area contributed by atoms with E-state index in [4.69, 9.17) is 9.47 Å². The summed E-state index contributed by atoms with van der Waals surface area (Å²) in [6, 6.07) is 17.2. The number of carbonyl (C=O) groups is 1. The van der Waals surface area contributed by atoms with Crippen molar-refractivity contribution in [1.82, 2.24) is 0 Å². The Morgan fingerprint density at radius 1 is 1.15 bits per heavy atom. The number of hydrogen-bond acceptors (Lipinski definition) is 5. The van der Waals surface area contributed by atoms with Gasteiger partial charge in [-0.25, -0.2) is 8.42 Å². The highest BCUT2D eigenvalue weighted by molar-refractivity contribution is 7.92. The highest BCUT2D eigenvalue weighted by Gasteiger charge is 2.32. The molecule has 2 unspecified atom stereocenters. The van der Waals surface area contributed by atoms with Crippen LogP contribution in [0.1, 0.15) is 55.9 Å². The van der Waals surface area contributed by atoms with Crippen molar-refractivity contribution < 1.29 is 36.6 Å². The molecule has 0 amide bonds. The standard InChI is InChI=1S/C29H31F2NO6S/c1-4-29(2,27(33)34)15-7-9-18-8-5-10-19(16-18)26-22-17-20(32-39(3,35)36)13-14-21(22)25-23(37-26)11-6-12-24(25)38-28(30)31/h5-6,8,10-14,16-17,26,28,32H,4,7,9,15H2,1-3H3,(H,33,34). The van der Waals surface area contributed by atoms with Crippen LogP contribution in [0.4, 0.5) is 14.5 Å². The molecule has 1 aliphatic rings. The first kappa shape index (κ1) is 28.4. The maximum absolute atomic E-state index is 13.2. The van der Waals surface area contributed by atoms with Crippen molar-refractivity contribution in [3.8, 4) is 22.6 Å². The molecular weight excluding hydrogens is 528 g/mol. The van der Waals surface area contributed by atoms with Gasteiger partial charge in [-0.15, -0.1) is 0 Å². The molecule has 3 aromatic carbocycles. The number of alkyl halides is 2. The lowest BCUT2D eigenvalue weighted by atomic mass is 9.82. The number of ether oxygens (including phenoxy) is 2. The van der Waals surface area contributed by atoms with Crippen LogP contribution < -0.4 is 14.2 Å². The number of sulfonamides is 1. The molecule has 0 saturated heterocycles. The number of aryl methyl sites for hydroxylation is 1. The summed E-state index contributed by atoms with van der Waals surface area (Å²) < 4.78 is 63.7. The molecule has 208 valence electrons. The molecular formula is C29H31F2NO6S. The van der Waals surface area contributed by atoms with Crippen molar-refractivity contribution in [2.45, 2.75) is 52.2 Å². The fourth-order valence-corrected chi connectivity index (χ4v) is 5.38. The van der Waals surface area contributed by atoms with Gasteiger partial charge in [0, 0.05) is 11.3 Å². The Labute approximate surface area is 226 Å². The first-order chi connectivity index (χ1) is 18.4. The molecule has 0 aromatic heterocycles. The molecule has 39 heavy (non-hydrogen) atoms. The zero-order chi connectivity index (χ0) is 28.4. The van der Waals surface area contributed by atoms with E-state index >= 15 is 0 Å². The number of hydrogen-bond donors (Lipinski definition) is 2. The van der Waals surface area contributed by atoms with Gasteiger partial charge in [-0.2, -0.15) is 8.78 Å². The van der Waals surface area contributed by atoms with E-state index in [-0.39, 0.29) is 5.75 Å². The van der Waals surface area contributed by atoms with Crippen LogP contribution in [0.5, 0.6) is 11.5 Å². The van der Waals surface area contributed by atoms with Gasteiger partial charge >= 0.3 is 12.6 Å². The lowest BCUT2D eigenvalue weighted by Gasteiger charge is -2.31. The summed E-state index contributed by atoms with van der Waals surface area (Å²) in [5, 5.41) is 9.57. The second-order valence-corrected chi connectivity index (χ2v) is 11.7. The lowest BCUT2D eigenvalue weighted by molar-refractivity contribution is -0.148. The molecule has 2 atom stereocenters. The van der Waals surface area contributed by atoms with Crippen LogP contribution in [0.25, 0.3) is 11.1 Å². The Kier molecular flexibility index (Phi) is 8.15. The van der Waals surface area contributed by atoms with Crippen LogP contribution in [-0.2, 0) is 21.2 Å². The maximum Gasteiger partial charge on any atom is 0.387 e. The Morgan fingerprint density at radius 2 is 1.90 bits per heavy atom. The summed E-state index contributed by atoms with van der Waals surface area (Å²) in [5.74, 6) is -0.490. The summed E-state index contributed by atoms with van der Waals surface area (Å²) in [5.41, 5.74) is 2.83. The van der Waals surface area contributed by atoms with Crippen molar-refractivity contribution in [2.24, 2.45) is 5.41 Å². The zero-order valence-electron chi connectivity index (χ0n) is 21.9. The van der Waals surface area contributed by atoms with E-state index in [1.165, 1.54) is 6.07 Å². The molecule has 0 saturated carbocycles. The number of benzene rings is 3. The van der Waals surface area contributed by atoms with Gasteiger partial charge in [0.2, 0.25) is 10.0 Å². The van der Waals surface area contributed by atoms with Crippen LogP contribution in [0.2, 0.25) is 0 Å². The smallest absolute Gasteiger partial charge is 0.387 e. The van der Waals surface area contributed by atoms with Gasteiger partial charge in [0.15, 0.2) is 0 Å². The summed E-state index contributed by atoms with van der Waals surface area (Å²) >= 11 is 0. The predicted molar refractivity (Wildman–Crippen MR) is 145 cm³/mol. The molecule has 10 heteroatoms. The van der Waals surface area contributed by atoms with Crippen molar-refractivity contribution in [1.29, 1.82) is 0 Å². The van der Waals surface area contributed by atoms with Crippen molar-refractivity contribution in [3.63, 3.8) is 0 Å². The summed E-state index contributed by atoms with van der Waals surface area (Å²) in [6.07, 6.45) is 2.80.